The van der Waals surface area contributed by atoms with Crippen LogP contribution in [0.3, 0.4) is 0 Å². The first-order valence-electron chi connectivity index (χ1n) is 5.22. The van der Waals surface area contributed by atoms with E-state index in [1.165, 1.54) is 24.3 Å². The Bertz CT molecular complexity index is 708. The molecule has 94 valence electrons. The van der Waals surface area contributed by atoms with Gasteiger partial charge in [-0.05, 0) is 30.3 Å². The van der Waals surface area contributed by atoms with Gasteiger partial charge in [-0.2, -0.15) is 5.26 Å². The van der Waals surface area contributed by atoms with Crippen molar-refractivity contribution >= 4 is 11.8 Å². The van der Waals surface area contributed by atoms with Gasteiger partial charge in [-0.25, -0.2) is 14.2 Å². The quantitative estimate of drug-likeness (QED) is 0.857. The molecular formula is C13H8FN3O2. The Kier molecular flexibility index (Phi) is 3.12. The number of carboxylic acid groups (broad SMARTS) is 1. The molecule has 1 heterocycles. The Morgan fingerprint density at radius 1 is 1.32 bits per heavy atom. The van der Waals surface area contributed by atoms with Crippen LogP contribution < -0.4 is 5.73 Å². The highest BCUT2D eigenvalue weighted by molar-refractivity contribution is 5.94. The summed E-state index contributed by atoms with van der Waals surface area (Å²) in [6.45, 7) is 0. The largest absolute Gasteiger partial charge is 0.476 e. The maximum atomic E-state index is 13.8. The lowest BCUT2D eigenvalue weighted by Crippen LogP contribution is -2.06. The standard InChI is InChI=1S/C13H8FN3O2/c14-10-3-1-7(6-15)5-9(10)8-2-4-11(16)17-12(8)13(18)19/h1-5H,(H2,16,17)(H,18,19). The van der Waals surface area contributed by atoms with Crippen molar-refractivity contribution < 1.29 is 14.3 Å². The Morgan fingerprint density at radius 3 is 2.68 bits per heavy atom. The molecule has 1 aromatic heterocycles. The zero-order valence-corrected chi connectivity index (χ0v) is 9.59. The predicted molar refractivity (Wildman–Crippen MR) is 65.7 cm³/mol. The predicted octanol–water partition coefficient (Wildman–Crippen LogP) is 2.04. The molecule has 0 atom stereocenters. The second-order valence-electron chi connectivity index (χ2n) is 3.74. The second-order valence-corrected chi connectivity index (χ2v) is 3.74. The summed E-state index contributed by atoms with van der Waals surface area (Å²) >= 11 is 0. The summed E-state index contributed by atoms with van der Waals surface area (Å²) in [6.07, 6.45) is 0. The molecule has 5 nitrogen and oxygen atoms in total. The van der Waals surface area contributed by atoms with Crippen molar-refractivity contribution in [3.8, 4) is 17.2 Å². The first-order chi connectivity index (χ1) is 9.02. The molecule has 3 N–H and O–H groups in total. The lowest BCUT2D eigenvalue weighted by Gasteiger charge is -2.08. The molecule has 0 amide bonds. The number of rotatable bonds is 2. The number of nitriles is 1. The smallest absolute Gasteiger partial charge is 0.355 e. The van der Waals surface area contributed by atoms with Crippen molar-refractivity contribution in [2.45, 2.75) is 0 Å². The van der Waals surface area contributed by atoms with Crippen LogP contribution in [0.4, 0.5) is 10.2 Å². The average molecular weight is 257 g/mol. The number of carbonyl (C=O) groups is 1. The fourth-order valence-corrected chi connectivity index (χ4v) is 1.66. The maximum Gasteiger partial charge on any atom is 0.355 e. The molecule has 2 rings (SSSR count). The molecule has 0 unspecified atom stereocenters. The van der Waals surface area contributed by atoms with Gasteiger partial charge < -0.3 is 10.8 Å². The summed E-state index contributed by atoms with van der Waals surface area (Å²) < 4.78 is 13.8. The number of nitrogens with zero attached hydrogens (tertiary/aromatic N) is 2. The minimum atomic E-state index is -1.32. The van der Waals surface area contributed by atoms with Crippen LogP contribution in [0, 0.1) is 17.1 Å². The lowest BCUT2D eigenvalue weighted by atomic mass is 10.0. The van der Waals surface area contributed by atoms with Crippen molar-refractivity contribution in [2.24, 2.45) is 0 Å². The van der Waals surface area contributed by atoms with Crippen LogP contribution in [0.15, 0.2) is 30.3 Å². The molecule has 0 aliphatic heterocycles. The molecule has 0 saturated carbocycles. The zero-order chi connectivity index (χ0) is 14.0. The molecule has 6 heteroatoms. The normalized spacial score (nSPS) is 9.89. The van der Waals surface area contributed by atoms with Gasteiger partial charge in [0.05, 0.1) is 11.6 Å². The zero-order valence-electron chi connectivity index (χ0n) is 9.59. The van der Waals surface area contributed by atoms with Crippen molar-refractivity contribution in [3.63, 3.8) is 0 Å². The van der Waals surface area contributed by atoms with Gasteiger partial charge in [-0.15, -0.1) is 0 Å². The van der Waals surface area contributed by atoms with Crippen molar-refractivity contribution in [1.29, 1.82) is 5.26 Å². The van der Waals surface area contributed by atoms with Gasteiger partial charge in [0, 0.05) is 11.1 Å². The van der Waals surface area contributed by atoms with E-state index in [0.717, 1.165) is 6.07 Å². The number of pyridine rings is 1. The Morgan fingerprint density at radius 2 is 2.05 bits per heavy atom. The summed E-state index contributed by atoms with van der Waals surface area (Å²) in [7, 11) is 0. The number of hydrogen-bond acceptors (Lipinski definition) is 4. The number of aromatic nitrogens is 1. The maximum absolute atomic E-state index is 13.8. The number of aromatic carboxylic acids is 1. The fourth-order valence-electron chi connectivity index (χ4n) is 1.66. The highest BCUT2D eigenvalue weighted by atomic mass is 19.1. The number of hydrogen-bond donors (Lipinski definition) is 2. The molecule has 19 heavy (non-hydrogen) atoms. The number of nitrogens with two attached hydrogens (primary N) is 1. The second kappa shape index (κ2) is 4.74. The molecule has 0 spiro atoms. The van der Waals surface area contributed by atoms with Gasteiger partial charge in [-0.3, -0.25) is 0 Å². The van der Waals surface area contributed by atoms with E-state index in [4.69, 9.17) is 16.1 Å². The summed E-state index contributed by atoms with van der Waals surface area (Å²) in [6, 6.07) is 8.30. The van der Waals surface area contributed by atoms with E-state index < -0.39 is 11.8 Å². The van der Waals surface area contributed by atoms with E-state index in [1.807, 2.05) is 6.07 Å². The van der Waals surface area contributed by atoms with Gasteiger partial charge >= 0.3 is 5.97 Å². The third-order valence-electron chi connectivity index (χ3n) is 2.50. The van der Waals surface area contributed by atoms with Gasteiger partial charge in [0.25, 0.3) is 0 Å². The number of halogens is 1. The van der Waals surface area contributed by atoms with Gasteiger partial charge in [0.15, 0.2) is 5.69 Å². The molecule has 0 fully saturated rings. The van der Waals surface area contributed by atoms with Crippen LogP contribution in [0.1, 0.15) is 16.1 Å². The third-order valence-corrected chi connectivity index (χ3v) is 2.50. The van der Waals surface area contributed by atoms with Crippen molar-refractivity contribution in [3.05, 3.63) is 47.4 Å². The van der Waals surface area contributed by atoms with E-state index in [2.05, 4.69) is 4.98 Å². The summed E-state index contributed by atoms with van der Waals surface area (Å²) in [5.74, 6) is -1.92. The molecule has 0 aliphatic rings. The first-order valence-corrected chi connectivity index (χ1v) is 5.22. The topological polar surface area (TPSA) is 100 Å². The number of benzene rings is 1. The number of anilines is 1. The SMILES string of the molecule is N#Cc1ccc(F)c(-c2ccc(N)nc2C(=O)O)c1. The highest BCUT2D eigenvalue weighted by Crippen LogP contribution is 2.27. The third kappa shape index (κ3) is 2.35. The molecule has 0 aliphatic carbocycles. The average Bonchev–Trinajstić information content (AvgIpc) is 2.39. The van der Waals surface area contributed by atoms with Crippen LogP contribution >= 0.6 is 0 Å². The summed E-state index contributed by atoms with van der Waals surface area (Å²) in [5, 5.41) is 17.9. The van der Waals surface area contributed by atoms with Gasteiger partial charge in [0.2, 0.25) is 0 Å². The van der Waals surface area contributed by atoms with E-state index >= 15 is 0 Å². The number of carboxylic acids is 1. The summed E-state index contributed by atoms with van der Waals surface area (Å²) in [4.78, 5) is 14.8. The Hall–Kier alpha value is -2.94. The Balaban J connectivity index is 2.72. The molecule has 0 bridgehead atoms. The van der Waals surface area contributed by atoms with E-state index in [-0.39, 0.29) is 28.2 Å². The molecule has 0 saturated heterocycles. The van der Waals surface area contributed by atoms with E-state index in [9.17, 15) is 9.18 Å². The molecule has 1 aromatic carbocycles. The van der Waals surface area contributed by atoms with E-state index in [1.54, 1.807) is 0 Å². The monoisotopic (exact) mass is 257 g/mol. The van der Waals surface area contributed by atoms with Crippen molar-refractivity contribution in [1.82, 2.24) is 4.98 Å². The lowest BCUT2D eigenvalue weighted by molar-refractivity contribution is 0.0691. The molecule has 0 radical (unpaired) electrons. The number of nitrogen functional groups attached to an aromatic ring is 1. The Labute approximate surface area is 107 Å². The molecular weight excluding hydrogens is 249 g/mol. The van der Waals surface area contributed by atoms with Crippen LogP contribution in [0.5, 0.6) is 0 Å². The first kappa shape index (κ1) is 12.5. The highest BCUT2D eigenvalue weighted by Gasteiger charge is 2.17. The fraction of sp³-hybridized carbons (Fsp3) is 0. The van der Waals surface area contributed by atoms with Gasteiger partial charge in [-0.1, -0.05) is 0 Å². The van der Waals surface area contributed by atoms with Crippen LogP contribution in [0.25, 0.3) is 11.1 Å². The summed E-state index contributed by atoms with van der Waals surface area (Å²) in [5.41, 5.74) is 5.37. The van der Waals surface area contributed by atoms with Crippen LogP contribution in [-0.4, -0.2) is 16.1 Å². The minimum absolute atomic E-state index is 0.00366. The molecule has 2 aromatic rings. The van der Waals surface area contributed by atoms with Crippen LogP contribution in [0.2, 0.25) is 0 Å². The minimum Gasteiger partial charge on any atom is -0.476 e. The van der Waals surface area contributed by atoms with Crippen LogP contribution in [-0.2, 0) is 0 Å². The van der Waals surface area contributed by atoms with Gasteiger partial charge in [0.1, 0.15) is 11.6 Å². The van der Waals surface area contributed by atoms with E-state index in [0.29, 0.717) is 0 Å². The van der Waals surface area contributed by atoms with Crippen molar-refractivity contribution in [2.75, 3.05) is 5.73 Å².